The van der Waals surface area contributed by atoms with E-state index in [1.54, 1.807) is 0 Å². The van der Waals surface area contributed by atoms with Crippen molar-refractivity contribution < 1.29 is 23.1 Å². The number of aromatic nitrogens is 1. The van der Waals surface area contributed by atoms with E-state index in [0.717, 1.165) is 11.1 Å². The Kier molecular flexibility index (Phi) is 4.67. The Hall–Kier alpha value is -2.54. The van der Waals surface area contributed by atoms with Gasteiger partial charge in [-0.25, -0.2) is 13.8 Å². The summed E-state index contributed by atoms with van der Waals surface area (Å²) in [5.41, 5.74) is 0.168. The number of halogens is 2. The Labute approximate surface area is 126 Å². The summed E-state index contributed by atoms with van der Waals surface area (Å²) in [5, 5.41) is 1.01. The maximum atomic E-state index is 14.1. The zero-order chi connectivity index (χ0) is 16.3. The van der Waals surface area contributed by atoms with Crippen LogP contribution in [0.1, 0.15) is 10.4 Å². The largest absolute Gasteiger partial charge is 0.496 e. The van der Waals surface area contributed by atoms with Crippen LogP contribution in [0.4, 0.5) is 8.78 Å². The molecule has 0 saturated heterocycles. The molecule has 0 aliphatic heterocycles. The first-order valence-corrected chi connectivity index (χ1v) is 6.30. The van der Waals surface area contributed by atoms with E-state index in [1.807, 2.05) is 0 Å². The summed E-state index contributed by atoms with van der Waals surface area (Å²) in [4.78, 5) is 20.8. The topological polar surface area (TPSA) is 51.7 Å². The number of ether oxygens (including phenoxy) is 1. The fourth-order valence-corrected chi connectivity index (χ4v) is 1.91. The molecule has 0 aliphatic rings. The standard InChI is InChI=1S/C15H14F2N2O3/c1-19(22-3)15(20)9-6-7-18-11(8-9)13-12(21-2)5-4-10(16)14(13)17/h4-8H,1-3H3. The molecule has 116 valence electrons. The monoisotopic (exact) mass is 308 g/mol. The number of methoxy groups -OCH3 is 1. The highest BCUT2D eigenvalue weighted by Gasteiger charge is 2.19. The Bertz CT molecular complexity index is 707. The number of benzene rings is 1. The van der Waals surface area contributed by atoms with E-state index in [-0.39, 0.29) is 22.6 Å². The lowest BCUT2D eigenvalue weighted by atomic mass is 10.1. The number of carbonyl (C=O) groups is 1. The highest BCUT2D eigenvalue weighted by Crippen LogP contribution is 2.33. The second-order valence-electron chi connectivity index (χ2n) is 4.35. The van der Waals surface area contributed by atoms with Crippen LogP contribution >= 0.6 is 0 Å². The van der Waals surface area contributed by atoms with Gasteiger partial charge in [-0.2, -0.15) is 0 Å². The van der Waals surface area contributed by atoms with Crippen LogP contribution in [0.25, 0.3) is 11.3 Å². The number of carbonyl (C=O) groups excluding carboxylic acids is 1. The van der Waals surface area contributed by atoms with Crippen molar-refractivity contribution in [3.05, 3.63) is 47.7 Å². The van der Waals surface area contributed by atoms with Gasteiger partial charge in [-0.15, -0.1) is 0 Å². The molecule has 0 bridgehead atoms. The van der Waals surface area contributed by atoms with Crippen LogP contribution in [0.15, 0.2) is 30.5 Å². The molecule has 0 atom stereocenters. The second kappa shape index (κ2) is 6.48. The van der Waals surface area contributed by atoms with Gasteiger partial charge in [0.1, 0.15) is 5.75 Å². The molecule has 5 nitrogen and oxygen atoms in total. The molecule has 0 fully saturated rings. The molecule has 1 heterocycles. The number of amides is 1. The summed E-state index contributed by atoms with van der Waals surface area (Å²) in [6, 6.07) is 5.06. The van der Waals surface area contributed by atoms with Crippen molar-refractivity contribution in [2.45, 2.75) is 0 Å². The molecule has 0 aliphatic carbocycles. The third-order valence-corrected chi connectivity index (χ3v) is 3.10. The van der Waals surface area contributed by atoms with E-state index in [1.165, 1.54) is 45.7 Å². The number of hydrogen-bond acceptors (Lipinski definition) is 4. The lowest BCUT2D eigenvalue weighted by Gasteiger charge is -2.14. The van der Waals surface area contributed by atoms with Gasteiger partial charge in [-0.3, -0.25) is 14.6 Å². The van der Waals surface area contributed by atoms with E-state index in [0.29, 0.717) is 0 Å². The summed E-state index contributed by atoms with van der Waals surface area (Å²) in [5.74, 6) is -2.43. The van der Waals surface area contributed by atoms with Gasteiger partial charge in [0.15, 0.2) is 11.6 Å². The van der Waals surface area contributed by atoms with E-state index in [9.17, 15) is 13.6 Å². The zero-order valence-corrected chi connectivity index (χ0v) is 12.3. The first kappa shape index (κ1) is 15.8. The van der Waals surface area contributed by atoms with Crippen molar-refractivity contribution in [3.63, 3.8) is 0 Å². The number of pyridine rings is 1. The predicted octanol–water partition coefficient (Wildman–Crippen LogP) is 2.67. The summed E-state index contributed by atoms with van der Waals surface area (Å²) < 4.78 is 32.6. The molecule has 0 N–H and O–H groups in total. The molecule has 7 heteroatoms. The van der Waals surface area contributed by atoms with Crippen LogP contribution < -0.4 is 4.74 Å². The van der Waals surface area contributed by atoms with Crippen molar-refractivity contribution >= 4 is 5.91 Å². The van der Waals surface area contributed by atoms with Gasteiger partial charge < -0.3 is 4.74 Å². The van der Waals surface area contributed by atoms with Crippen LogP contribution in [0, 0.1) is 11.6 Å². The van der Waals surface area contributed by atoms with Crippen molar-refractivity contribution in [1.29, 1.82) is 0 Å². The van der Waals surface area contributed by atoms with Crippen LogP contribution in [0.2, 0.25) is 0 Å². The average Bonchev–Trinajstić information content (AvgIpc) is 2.55. The molecule has 0 radical (unpaired) electrons. The fraction of sp³-hybridized carbons (Fsp3) is 0.200. The molecule has 0 saturated carbocycles. The maximum absolute atomic E-state index is 14.1. The molecule has 1 amide bonds. The fourth-order valence-electron chi connectivity index (χ4n) is 1.91. The quantitative estimate of drug-likeness (QED) is 0.815. The highest BCUT2D eigenvalue weighted by molar-refractivity contribution is 5.94. The normalized spacial score (nSPS) is 10.4. The Morgan fingerprint density at radius 1 is 1.23 bits per heavy atom. The highest BCUT2D eigenvalue weighted by atomic mass is 19.2. The number of rotatable bonds is 4. The molecular weight excluding hydrogens is 294 g/mol. The first-order valence-electron chi connectivity index (χ1n) is 6.30. The molecule has 2 rings (SSSR count). The first-order chi connectivity index (χ1) is 10.5. The van der Waals surface area contributed by atoms with E-state index in [4.69, 9.17) is 9.57 Å². The van der Waals surface area contributed by atoms with Gasteiger partial charge in [0.25, 0.3) is 5.91 Å². The Balaban J connectivity index is 2.55. The lowest BCUT2D eigenvalue weighted by molar-refractivity contribution is -0.0757. The van der Waals surface area contributed by atoms with Crippen molar-refractivity contribution in [2.24, 2.45) is 0 Å². The molecule has 2 aromatic rings. The molecular formula is C15H14F2N2O3. The molecule has 0 spiro atoms. The third kappa shape index (κ3) is 2.89. The molecule has 22 heavy (non-hydrogen) atoms. The summed E-state index contributed by atoms with van der Waals surface area (Å²) in [6.07, 6.45) is 1.33. The van der Waals surface area contributed by atoms with Crippen molar-refractivity contribution in [3.8, 4) is 17.0 Å². The van der Waals surface area contributed by atoms with Gasteiger partial charge in [-0.05, 0) is 24.3 Å². The predicted molar refractivity (Wildman–Crippen MR) is 75.2 cm³/mol. The minimum absolute atomic E-state index is 0.0872. The van der Waals surface area contributed by atoms with Gasteiger partial charge >= 0.3 is 0 Å². The Morgan fingerprint density at radius 3 is 2.59 bits per heavy atom. The van der Waals surface area contributed by atoms with E-state index in [2.05, 4.69) is 4.98 Å². The van der Waals surface area contributed by atoms with Crippen molar-refractivity contribution in [2.75, 3.05) is 21.3 Å². The van der Waals surface area contributed by atoms with Crippen LogP contribution in [0.5, 0.6) is 5.75 Å². The summed E-state index contributed by atoms with van der Waals surface area (Å²) in [7, 11) is 4.12. The zero-order valence-electron chi connectivity index (χ0n) is 12.3. The minimum Gasteiger partial charge on any atom is -0.496 e. The van der Waals surface area contributed by atoms with Gasteiger partial charge in [0.2, 0.25) is 0 Å². The minimum atomic E-state index is -1.09. The smallest absolute Gasteiger partial charge is 0.277 e. The average molecular weight is 308 g/mol. The van der Waals surface area contributed by atoms with Crippen LogP contribution in [0.3, 0.4) is 0 Å². The maximum Gasteiger partial charge on any atom is 0.277 e. The third-order valence-electron chi connectivity index (χ3n) is 3.10. The SMILES string of the molecule is COc1ccc(F)c(F)c1-c1cc(C(=O)N(C)OC)ccn1. The molecule has 0 unspecified atom stereocenters. The summed E-state index contributed by atoms with van der Waals surface area (Å²) >= 11 is 0. The van der Waals surface area contributed by atoms with Gasteiger partial charge in [0, 0.05) is 18.8 Å². The van der Waals surface area contributed by atoms with E-state index < -0.39 is 17.5 Å². The number of nitrogens with zero attached hydrogens (tertiary/aromatic N) is 2. The van der Waals surface area contributed by atoms with Gasteiger partial charge in [0.05, 0.1) is 25.5 Å². The second-order valence-corrected chi connectivity index (χ2v) is 4.35. The van der Waals surface area contributed by atoms with E-state index >= 15 is 0 Å². The molecule has 1 aromatic carbocycles. The van der Waals surface area contributed by atoms with Crippen LogP contribution in [-0.4, -0.2) is 37.2 Å². The van der Waals surface area contributed by atoms with Gasteiger partial charge in [-0.1, -0.05) is 0 Å². The summed E-state index contributed by atoms with van der Waals surface area (Å²) in [6.45, 7) is 0. The number of hydroxylamine groups is 2. The number of hydrogen-bond donors (Lipinski definition) is 0. The lowest BCUT2D eigenvalue weighted by Crippen LogP contribution is -2.25. The van der Waals surface area contributed by atoms with Crippen LogP contribution in [-0.2, 0) is 4.84 Å². The molecule has 1 aromatic heterocycles. The Morgan fingerprint density at radius 2 is 1.95 bits per heavy atom. The van der Waals surface area contributed by atoms with Crippen molar-refractivity contribution in [1.82, 2.24) is 10.0 Å².